The van der Waals surface area contributed by atoms with Crippen LogP contribution in [0.4, 0.5) is 5.69 Å². The highest BCUT2D eigenvalue weighted by molar-refractivity contribution is 5.49. The lowest BCUT2D eigenvalue weighted by Gasteiger charge is -2.09. The number of hydrogen-bond acceptors (Lipinski definition) is 4. The molecule has 90 valence electrons. The number of nitriles is 1. The maximum Gasteiger partial charge on any atom is 0.277 e. The van der Waals surface area contributed by atoms with Crippen molar-refractivity contribution in [3.05, 3.63) is 33.9 Å². The summed E-state index contributed by atoms with van der Waals surface area (Å²) < 4.78 is 4.95. The molecule has 0 radical (unpaired) electrons. The van der Waals surface area contributed by atoms with Crippen molar-refractivity contribution < 1.29 is 9.66 Å². The summed E-state index contributed by atoms with van der Waals surface area (Å²) in [5.41, 5.74) is 0.407. The number of nitro benzene ring substituents is 1. The number of nitrogens with zero attached hydrogens (tertiary/aromatic N) is 2. The standard InChI is InChI=1S/C12H14N2O3/c1-3-4-9(8-13)11-6-5-10(17-2)7-12(11)14(15)16/h5-7,9H,3-4H2,1-2H3. The molecule has 1 aromatic carbocycles. The molecule has 0 aliphatic heterocycles. The molecular weight excluding hydrogens is 220 g/mol. The van der Waals surface area contributed by atoms with Crippen LogP contribution < -0.4 is 4.74 Å². The molecule has 1 rings (SSSR count). The monoisotopic (exact) mass is 234 g/mol. The van der Waals surface area contributed by atoms with E-state index in [1.165, 1.54) is 13.2 Å². The van der Waals surface area contributed by atoms with Crippen LogP contribution in [-0.4, -0.2) is 12.0 Å². The minimum absolute atomic E-state index is 0.0515. The molecule has 5 nitrogen and oxygen atoms in total. The summed E-state index contributed by atoms with van der Waals surface area (Å²) >= 11 is 0. The highest BCUT2D eigenvalue weighted by Gasteiger charge is 2.22. The van der Waals surface area contributed by atoms with Gasteiger partial charge >= 0.3 is 0 Å². The first kappa shape index (κ1) is 13.0. The van der Waals surface area contributed by atoms with E-state index >= 15 is 0 Å². The molecule has 17 heavy (non-hydrogen) atoms. The smallest absolute Gasteiger partial charge is 0.277 e. The van der Waals surface area contributed by atoms with E-state index in [1.54, 1.807) is 12.1 Å². The van der Waals surface area contributed by atoms with Gasteiger partial charge < -0.3 is 4.74 Å². The van der Waals surface area contributed by atoms with Crippen LogP contribution in [0, 0.1) is 21.4 Å². The lowest BCUT2D eigenvalue weighted by molar-refractivity contribution is -0.385. The second kappa shape index (κ2) is 5.85. The maximum absolute atomic E-state index is 11.0. The van der Waals surface area contributed by atoms with Gasteiger partial charge in [-0.2, -0.15) is 5.26 Å². The number of ether oxygens (including phenoxy) is 1. The lowest BCUT2D eigenvalue weighted by Crippen LogP contribution is -2.01. The second-order valence-electron chi connectivity index (χ2n) is 3.65. The topological polar surface area (TPSA) is 76.2 Å². The summed E-state index contributed by atoms with van der Waals surface area (Å²) in [5, 5.41) is 20.0. The Bertz CT molecular complexity index is 452. The van der Waals surface area contributed by atoms with E-state index in [-0.39, 0.29) is 5.69 Å². The Kier molecular flexibility index (Phi) is 4.46. The predicted octanol–water partition coefficient (Wildman–Crippen LogP) is 3.01. The third-order valence-electron chi connectivity index (χ3n) is 2.54. The molecule has 1 aromatic rings. The van der Waals surface area contributed by atoms with Crippen LogP contribution in [0.1, 0.15) is 31.2 Å². The van der Waals surface area contributed by atoms with Gasteiger partial charge in [-0.3, -0.25) is 10.1 Å². The first-order valence-corrected chi connectivity index (χ1v) is 5.36. The molecule has 0 aromatic heterocycles. The zero-order valence-electron chi connectivity index (χ0n) is 9.84. The Morgan fingerprint density at radius 2 is 2.29 bits per heavy atom. The Labute approximate surface area is 99.8 Å². The third-order valence-corrected chi connectivity index (χ3v) is 2.54. The number of methoxy groups -OCH3 is 1. The predicted molar refractivity (Wildman–Crippen MR) is 62.9 cm³/mol. The van der Waals surface area contributed by atoms with Gasteiger partial charge in [-0.1, -0.05) is 13.3 Å². The second-order valence-corrected chi connectivity index (χ2v) is 3.65. The van der Waals surface area contributed by atoms with E-state index in [0.29, 0.717) is 17.7 Å². The summed E-state index contributed by atoms with van der Waals surface area (Å²) in [5.74, 6) is -0.0139. The van der Waals surface area contributed by atoms with Crippen LogP contribution in [0.3, 0.4) is 0 Å². The summed E-state index contributed by atoms with van der Waals surface area (Å²) in [4.78, 5) is 10.5. The molecule has 0 saturated heterocycles. The first-order chi connectivity index (χ1) is 8.13. The maximum atomic E-state index is 11.0. The average Bonchev–Trinajstić information content (AvgIpc) is 2.35. The van der Waals surface area contributed by atoms with Gasteiger partial charge in [0, 0.05) is 5.56 Å². The quantitative estimate of drug-likeness (QED) is 0.579. The number of hydrogen-bond donors (Lipinski definition) is 0. The van der Waals surface area contributed by atoms with Crippen molar-refractivity contribution in [1.82, 2.24) is 0 Å². The van der Waals surface area contributed by atoms with Gasteiger partial charge in [0.1, 0.15) is 5.75 Å². The highest BCUT2D eigenvalue weighted by atomic mass is 16.6. The van der Waals surface area contributed by atoms with Crippen molar-refractivity contribution in [2.45, 2.75) is 25.7 Å². The van der Waals surface area contributed by atoms with Crippen molar-refractivity contribution in [2.24, 2.45) is 0 Å². The van der Waals surface area contributed by atoms with Crippen LogP contribution >= 0.6 is 0 Å². The van der Waals surface area contributed by atoms with Gasteiger partial charge in [0.2, 0.25) is 0 Å². The minimum atomic E-state index is -0.474. The summed E-state index contributed by atoms with van der Waals surface area (Å²) in [6, 6.07) is 6.70. The van der Waals surface area contributed by atoms with Gasteiger partial charge in [0.15, 0.2) is 0 Å². The van der Waals surface area contributed by atoms with Gasteiger partial charge in [-0.15, -0.1) is 0 Å². The molecule has 0 bridgehead atoms. The summed E-state index contributed by atoms with van der Waals surface area (Å²) in [6.45, 7) is 1.94. The minimum Gasteiger partial charge on any atom is -0.497 e. The molecule has 0 spiro atoms. The zero-order valence-corrected chi connectivity index (χ0v) is 9.84. The molecule has 1 atom stereocenters. The molecule has 1 unspecified atom stereocenters. The molecular formula is C12H14N2O3. The van der Waals surface area contributed by atoms with Crippen molar-refractivity contribution >= 4 is 5.69 Å². The van der Waals surface area contributed by atoms with Crippen LogP contribution in [0.2, 0.25) is 0 Å². The Balaban J connectivity index is 3.22. The molecule has 0 N–H and O–H groups in total. The van der Waals surface area contributed by atoms with Crippen molar-refractivity contribution in [3.8, 4) is 11.8 Å². The fourth-order valence-electron chi connectivity index (χ4n) is 1.68. The molecule has 0 saturated carbocycles. The van der Waals surface area contributed by atoms with Gasteiger partial charge in [0.25, 0.3) is 5.69 Å². The van der Waals surface area contributed by atoms with Crippen molar-refractivity contribution in [3.63, 3.8) is 0 Å². The number of benzene rings is 1. The number of rotatable bonds is 5. The normalized spacial score (nSPS) is 11.6. The van der Waals surface area contributed by atoms with Crippen LogP contribution in [-0.2, 0) is 0 Å². The lowest BCUT2D eigenvalue weighted by atomic mass is 9.94. The van der Waals surface area contributed by atoms with E-state index in [9.17, 15) is 10.1 Å². The molecule has 0 heterocycles. The van der Waals surface area contributed by atoms with Crippen molar-refractivity contribution in [2.75, 3.05) is 7.11 Å². The molecule has 0 aliphatic carbocycles. The van der Waals surface area contributed by atoms with E-state index in [1.807, 2.05) is 6.92 Å². The Morgan fingerprint density at radius 1 is 1.59 bits per heavy atom. The van der Waals surface area contributed by atoms with Crippen LogP contribution in [0.5, 0.6) is 5.75 Å². The van der Waals surface area contributed by atoms with E-state index in [2.05, 4.69) is 6.07 Å². The van der Waals surface area contributed by atoms with Gasteiger partial charge in [-0.25, -0.2) is 0 Å². The van der Waals surface area contributed by atoms with Crippen LogP contribution in [0.25, 0.3) is 0 Å². The van der Waals surface area contributed by atoms with E-state index in [0.717, 1.165) is 6.42 Å². The van der Waals surface area contributed by atoms with Crippen molar-refractivity contribution in [1.29, 1.82) is 5.26 Å². The highest BCUT2D eigenvalue weighted by Crippen LogP contribution is 2.32. The molecule has 5 heteroatoms. The molecule has 0 aliphatic rings. The zero-order chi connectivity index (χ0) is 12.8. The fraction of sp³-hybridized carbons (Fsp3) is 0.417. The molecule has 0 fully saturated rings. The molecule has 0 amide bonds. The average molecular weight is 234 g/mol. The SMILES string of the molecule is CCCC(C#N)c1ccc(OC)cc1[N+](=O)[O-]. The van der Waals surface area contributed by atoms with Crippen LogP contribution in [0.15, 0.2) is 18.2 Å². The first-order valence-electron chi connectivity index (χ1n) is 5.36. The van der Waals surface area contributed by atoms with E-state index < -0.39 is 10.8 Å². The largest absolute Gasteiger partial charge is 0.497 e. The number of nitro groups is 1. The fourth-order valence-corrected chi connectivity index (χ4v) is 1.68. The third kappa shape index (κ3) is 2.94. The summed E-state index contributed by atoms with van der Waals surface area (Å²) in [7, 11) is 1.45. The van der Waals surface area contributed by atoms with Gasteiger partial charge in [0.05, 0.1) is 30.1 Å². The Hall–Kier alpha value is -2.09. The van der Waals surface area contributed by atoms with E-state index in [4.69, 9.17) is 10.00 Å². The van der Waals surface area contributed by atoms with Gasteiger partial charge in [-0.05, 0) is 18.6 Å². The Morgan fingerprint density at radius 3 is 2.76 bits per heavy atom. The summed E-state index contributed by atoms with van der Waals surface area (Å²) in [6.07, 6.45) is 1.42.